The van der Waals surface area contributed by atoms with Gasteiger partial charge in [-0.15, -0.1) is 0 Å². The van der Waals surface area contributed by atoms with Crippen LogP contribution in [0.1, 0.15) is 46.1 Å². The normalized spacial score (nSPS) is 23.0. The lowest BCUT2D eigenvalue weighted by Gasteiger charge is -2.15. The van der Waals surface area contributed by atoms with Crippen LogP contribution in [0.25, 0.3) is 0 Å². The number of aromatic nitrogens is 2. The van der Waals surface area contributed by atoms with Gasteiger partial charge in [0.05, 0.1) is 17.9 Å². The second-order valence-electron chi connectivity index (χ2n) is 5.88. The Bertz CT molecular complexity index is 498. The maximum absolute atomic E-state index is 12.0. The Morgan fingerprint density at radius 1 is 1.53 bits per heavy atom. The van der Waals surface area contributed by atoms with Crippen molar-refractivity contribution in [3.05, 3.63) is 21.6 Å². The summed E-state index contributed by atoms with van der Waals surface area (Å²) in [6, 6.07) is 0.0229. The van der Waals surface area contributed by atoms with Gasteiger partial charge in [-0.2, -0.15) is 5.10 Å². The van der Waals surface area contributed by atoms with Gasteiger partial charge in [0.15, 0.2) is 0 Å². The van der Waals surface area contributed by atoms with Gasteiger partial charge in [0.2, 0.25) is 0 Å². The average molecular weight is 284 g/mol. The number of halogens is 1. The Hall–Kier alpha value is -1.03. The smallest absolute Gasteiger partial charge is 0.287 e. The van der Waals surface area contributed by atoms with Crippen molar-refractivity contribution in [2.24, 2.45) is 11.8 Å². The van der Waals surface area contributed by atoms with Crippen LogP contribution in [0.3, 0.4) is 0 Å². The zero-order valence-corrected chi connectivity index (χ0v) is 12.6. The summed E-state index contributed by atoms with van der Waals surface area (Å²) < 4.78 is 1.41. The Morgan fingerprint density at radius 3 is 2.84 bits per heavy atom. The van der Waals surface area contributed by atoms with Crippen LogP contribution < -0.4 is 10.9 Å². The fourth-order valence-electron chi connectivity index (χ4n) is 2.70. The molecule has 2 unspecified atom stereocenters. The monoisotopic (exact) mass is 283 g/mol. The molecule has 1 saturated carbocycles. The Balaban J connectivity index is 2.05. The van der Waals surface area contributed by atoms with E-state index in [1.807, 2.05) is 13.8 Å². The average Bonchev–Trinajstić information content (AvgIpc) is 2.76. The van der Waals surface area contributed by atoms with Crippen LogP contribution >= 0.6 is 11.6 Å². The lowest BCUT2D eigenvalue weighted by molar-refractivity contribution is 0.502. The number of rotatable bonds is 4. The minimum Gasteiger partial charge on any atom is -0.382 e. The number of anilines is 1. The molecular formula is C14H22ClN3O. The molecule has 0 bridgehead atoms. The zero-order valence-electron chi connectivity index (χ0n) is 11.8. The van der Waals surface area contributed by atoms with E-state index in [0.29, 0.717) is 11.6 Å². The highest BCUT2D eigenvalue weighted by molar-refractivity contribution is 6.32. The molecule has 106 valence electrons. The van der Waals surface area contributed by atoms with Gasteiger partial charge in [0.1, 0.15) is 5.02 Å². The van der Waals surface area contributed by atoms with Crippen molar-refractivity contribution in [1.82, 2.24) is 9.78 Å². The van der Waals surface area contributed by atoms with Crippen LogP contribution in [-0.4, -0.2) is 16.3 Å². The predicted octanol–water partition coefficient (Wildman–Crippen LogP) is 3.33. The summed E-state index contributed by atoms with van der Waals surface area (Å²) in [5.41, 5.74) is 0.435. The van der Waals surface area contributed by atoms with Crippen molar-refractivity contribution in [1.29, 1.82) is 0 Å². The first-order valence-electron chi connectivity index (χ1n) is 7.00. The molecule has 0 aliphatic heterocycles. The number of hydrogen-bond donors (Lipinski definition) is 1. The first-order valence-corrected chi connectivity index (χ1v) is 7.38. The van der Waals surface area contributed by atoms with Gasteiger partial charge < -0.3 is 5.32 Å². The van der Waals surface area contributed by atoms with Crippen LogP contribution in [0.5, 0.6) is 0 Å². The molecule has 5 heteroatoms. The fourth-order valence-corrected chi connectivity index (χ4v) is 2.90. The molecule has 2 atom stereocenters. The van der Waals surface area contributed by atoms with E-state index in [9.17, 15) is 4.79 Å². The van der Waals surface area contributed by atoms with Gasteiger partial charge in [0.25, 0.3) is 5.56 Å². The molecule has 1 aliphatic carbocycles. The van der Waals surface area contributed by atoms with Gasteiger partial charge in [-0.1, -0.05) is 24.9 Å². The third kappa shape index (κ3) is 3.30. The largest absolute Gasteiger partial charge is 0.382 e. The highest BCUT2D eigenvalue weighted by atomic mass is 35.5. The van der Waals surface area contributed by atoms with E-state index in [4.69, 9.17) is 11.6 Å². The van der Waals surface area contributed by atoms with E-state index >= 15 is 0 Å². The minimum absolute atomic E-state index is 0.0229. The van der Waals surface area contributed by atoms with E-state index in [2.05, 4.69) is 17.3 Å². The van der Waals surface area contributed by atoms with Crippen molar-refractivity contribution < 1.29 is 0 Å². The molecular weight excluding hydrogens is 262 g/mol. The molecule has 1 N–H and O–H groups in total. The highest BCUT2D eigenvalue weighted by Crippen LogP contribution is 2.30. The first-order chi connectivity index (χ1) is 8.99. The molecule has 19 heavy (non-hydrogen) atoms. The molecule has 1 fully saturated rings. The molecule has 1 aromatic heterocycles. The van der Waals surface area contributed by atoms with E-state index in [0.717, 1.165) is 12.5 Å². The van der Waals surface area contributed by atoms with Gasteiger partial charge in [-0.3, -0.25) is 4.79 Å². The third-order valence-corrected chi connectivity index (χ3v) is 4.18. The van der Waals surface area contributed by atoms with Crippen LogP contribution in [0.2, 0.25) is 5.02 Å². The summed E-state index contributed by atoms with van der Waals surface area (Å²) in [4.78, 5) is 12.0. The molecule has 1 aliphatic rings. The molecule has 4 nitrogen and oxygen atoms in total. The van der Waals surface area contributed by atoms with Gasteiger partial charge >= 0.3 is 0 Å². The van der Waals surface area contributed by atoms with Crippen LogP contribution in [0.15, 0.2) is 11.0 Å². The topological polar surface area (TPSA) is 46.9 Å². The summed E-state index contributed by atoms with van der Waals surface area (Å²) >= 11 is 6.12. The lowest BCUT2D eigenvalue weighted by Crippen LogP contribution is -2.26. The molecule has 0 aromatic carbocycles. The van der Waals surface area contributed by atoms with Crippen molar-refractivity contribution in [2.45, 2.75) is 46.1 Å². The van der Waals surface area contributed by atoms with Crippen molar-refractivity contribution >= 4 is 17.3 Å². The SMILES string of the molecule is CC1CCC(CNc2cnn(C(C)C)c(=O)c2Cl)C1. The van der Waals surface area contributed by atoms with Gasteiger partial charge in [0, 0.05) is 6.54 Å². The Labute approximate surface area is 119 Å². The standard InChI is InChI=1S/C14H22ClN3O/c1-9(2)18-14(19)13(15)12(8-17-18)16-7-11-5-4-10(3)6-11/h8-11,16H,4-7H2,1-3H3. The van der Waals surface area contributed by atoms with E-state index < -0.39 is 0 Å². The van der Waals surface area contributed by atoms with Crippen molar-refractivity contribution in [3.8, 4) is 0 Å². The van der Waals surface area contributed by atoms with Gasteiger partial charge in [-0.05, 0) is 38.5 Å². The molecule has 0 spiro atoms. The first kappa shape index (κ1) is 14.4. The quantitative estimate of drug-likeness (QED) is 0.922. The van der Waals surface area contributed by atoms with Gasteiger partial charge in [-0.25, -0.2) is 4.68 Å². The van der Waals surface area contributed by atoms with Crippen LogP contribution in [-0.2, 0) is 0 Å². The number of nitrogens with one attached hydrogen (secondary N) is 1. The van der Waals surface area contributed by atoms with Crippen molar-refractivity contribution in [3.63, 3.8) is 0 Å². The summed E-state index contributed by atoms with van der Waals surface area (Å²) in [6.07, 6.45) is 5.46. The molecule has 1 aromatic rings. The third-order valence-electron chi connectivity index (χ3n) is 3.82. The van der Waals surface area contributed by atoms with Crippen LogP contribution in [0.4, 0.5) is 5.69 Å². The molecule has 1 heterocycles. The zero-order chi connectivity index (χ0) is 14.0. The molecule has 0 saturated heterocycles. The lowest BCUT2D eigenvalue weighted by atomic mass is 10.1. The Morgan fingerprint density at radius 2 is 2.26 bits per heavy atom. The fraction of sp³-hybridized carbons (Fsp3) is 0.714. The van der Waals surface area contributed by atoms with E-state index in [1.165, 1.54) is 23.9 Å². The maximum Gasteiger partial charge on any atom is 0.287 e. The van der Waals surface area contributed by atoms with Crippen LogP contribution in [0, 0.1) is 11.8 Å². The summed E-state index contributed by atoms with van der Waals surface area (Å²) in [7, 11) is 0. The molecule has 2 rings (SSSR count). The van der Waals surface area contributed by atoms with Crippen molar-refractivity contribution in [2.75, 3.05) is 11.9 Å². The number of hydrogen-bond acceptors (Lipinski definition) is 3. The Kier molecular flexibility index (Phi) is 4.50. The second-order valence-corrected chi connectivity index (χ2v) is 6.26. The van der Waals surface area contributed by atoms with E-state index in [1.54, 1.807) is 6.20 Å². The number of nitrogens with zero attached hydrogens (tertiary/aromatic N) is 2. The molecule has 0 radical (unpaired) electrons. The summed E-state index contributed by atoms with van der Waals surface area (Å²) in [5.74, 6) is 1.49. The summed E-state index contributed by atoms with van der Waals surface area (Å²) in [6.45, 7) is 6.99. The minimum atomic E-state index is -0.221. The van der Waals surface area contributed by atoms with E-state index in [-0.39, 0.29) is 16.6 Å². The molecule has 0 amide bonds. The second kappa shape index (κ2) is 5.95. The predicted molar refractivity (Wildman–Crippen MR) is 78.9 cm³/mol. The summed E-state index contributed by atoms with van der Waals surface area (Å²) in [5, 5.41) is 7.68. The maximum atomic E-state index is 12.0. The highest BCUT2D eigenvalue weighted by Gasteiger charge is 2.21.